The van der Waals surface area contributed by atoms with Crippen LogP contribution in [0.5, 0.6) is 0 Å². The molecule has 1 fully saturated rings. The Morgan fingerprint density at radius 1 is 1.38 bits per heavy atom. The molecule has 2 aromatic rings. The minimum atomic E-state index is -1.02. The summed E-state index contributed by atoms with van der Waals surface area (Å²) in [5, 5.41) is 12.6. The molecular weight excluding hydrogens is 292 g/mol. The van der Waals surface area contributed by atoms with Crippen LogP contribution in [0.4, 0.5) is 5.69 Å². The highest BCUT2D eigenvalue weighted by atomic mass is 32.1. The van der Waals surface area contributed by atoms with Crippen molar-refractivity contribution in [2.75, 3.05) is 5.32 Å². The molecule has 6 nitrogen and oxygen atoms in total. The largest absolute Gasteiger partial charge is 0.479 e. The van der Waals surface area contributed by atoms with Gasteiger partial charge in [0.05, 0.1) is 15.2 Å². The summed E-state index contributed by atoms with van der Waals surface area (Å²) in [6, 6.07) is 5.49. The van der Waals surface area contributed by atoms with E-state index < -0.39 is 18.2 Å². The maximum Gasteiger partial charge on any atom is 0.332 e. The van der Waals surface area contributed by atoms with E-state index in [4.69, 9.17) is 9.84 Å². The van der Waals surface area contributed by atoms with Crippen molar-refractivity contribution in [3.05, 3.63) is 23.2 Å². The van der Waals surface area contributed by atoms with Crippen LogP contribution >= 0.6 is 11.3 Å². The van der Waals surface area contributed by atoms with Crippen molar-refractivity contribution in [3.8, 4) is 0 Å². The van der Waals surface area contributed by atoms with Crippen LogP contribution in [-0.4, -0.2) is 34.2 Å². The number of carboxylic acid groups (broad SMARTS) is 1. The zero-order valence-electron chi connectivity index (χ0n) is 11.3. The van der Waals surface area contributed by atoms with Gasteiger partial charge in [-0.1, -0.05) is 0 Å². The highest BCUT2D eigenvalue weighted by Crippen LogP contribution is 2.26. The van der Waals surface area contributed by atoms with Crippen molar-refractivity contribution in [3.63, 3.8) is 0 Å². The highest BCUT2D eigenvalue weighted by Gasteiger charge is 2.34. The SMILES string of the molecule is Cc1nc2ccc(NC(=O)[C@@H]3CC[C@H](C(=O)O)O3)cc2s1. The minimum Gasteiger partial charge on any atom is -0.479 e. The molecule has 2 heterocycles. The van der Waals surface area contributed by atoms with Crippen molar-refractivity contribution in [2.45, 2.75) is 32.0 Å². The van der Waals surface area contributed by atoms with Gasteiger partial charge in [0.1, 0.15) is 6.10 Å². The van der Waals surface area contributed by atoms with Crippen LogP contribution in [0.25, 0.3) is 10.2 Å². The number of aryl methyl sites for hydroxylation is 1. The number of anilines is 1. The molecule has 0 saturated carbocycles. The first-order valence-electron chi connectivity index (χ1n) is 6.59. The molecule has 0 aliphatic carbocycles. The number of aromatic nitrogens is 1. The van der Waals surface area contributed by atoms with Gasteiger partial charge in [0, 0.05) is 5.69 Å². The van der Waals surface area contributed by atoms with Gasteiger partial charge in [0.2, 0.25) is 0 Å². The zero-order valence-corrected chi connectivity index (χ0v) is 12.1. The number of rotatable bonds is 3. The summed E-state index contributed by atoms with van der Waals surface area (Å²) in [7, 11) is 0. The van der Waals surface area contributed by atoms with E-state index in [1.165, 1.54) is 0 Å². The molecule has 0 spiro atoms. The molecule has 0 bridgehead atoms. The number of hydrogen-bond acceptors (Lipinski definition) is 5. The first-order chi connectivity index (χ1) is 10.0. The Bertz CT molecular complexity index is 712. The van der Waals surface area contributed by atoms with Crippen LogP contribution in [-0.2, 0) is 14.3 Å². The van der Waals surface area contributed by atoms with Crippen LogP contribution in [0.2, 0.25) is 0 Å². The third-order valence-electron chi connectivity index (χ3n) is 3.35. The molecule has 1 saturated heterocycles. The second-order valence-electron chi connectivity index (χ2n) is 4.93. The van der Waals surface area contributed by atoms with Gasteiger partial charge in [-0.2, -0.15) is 0 Å². The molecule has 0 radical (unpaired) electrons. The van der Waals surface area contributed by atoms with Crippen molar-refractivity contribution in [1.29, 1.82) is 0 Å². The van der Waals surface area contributed by atoms with Gasteiger partial charge in [0.25, 0.3) is 5.91 Å². The monoisotopic (exact) mass is 306 g/mol. The number of carboxylic acids is 1. The first-order valence-corrected chi connectivity index (χ1v) is 7.41. The summed E-state index contributed by atoms with van der Waals surface area (Å²) >= 11 is 1.56. The third kappa shape index (κ3) is 2.88. The Morgan fingerprint density at radius 2 is 2.14 bits per heavy atom. The van der Waals surface area contributed by atoms with Crippen LogP contribution < -0.4 is 5.32 Å². The molecule has 21 heavy (non-hydrogen) atoms. The van der Waals surface area contributed by atoms with E-state index in [1.54, 1.807) is 17.4 Å². The predicted octanol–water partition coefficient (Wildman–Crippen LogP) is 2.18. The van der Waals surface area contributed by atoms with E-state index in [9.17, 15) is 9.59 Å². The lowest BCUT2D eigenvalue weighted by Crippen LogP contribution is -2.29. The van der Waals surface area contributed by atoms with Crippen LogP contribution in [0.1, 0.15) is 17.8 Å². The summed E-state index contributed by atoms with van der Waals surface area (Å²) < 4.78 is 6.23. The molecule has 2 atom stereocenters. The zero-order chi connectivity index (χ0) is 15.0. The minimum absolute atomic E-state index is 0.306. The number of nitrogens with zero attached hydrogens (tertiary/aromatic N) is 1. The van der Waals surface area contributed by atoms with E-state index >= 15 is 0 Å². The number of amides is 1. The number of thiazole rings is 1. The average molecular weight is 306 g/mol. The van der Waals surface area contributed by atoms with Gasteiger partial charge < -0.3 is 15.2 Å². The number of aliphatic carboxylic acids is 1. The van der Waals surface area contributed by atoms with Crippen molar-refractivity contribution in [2.24, 2.45) is 0 Å². The fourth-order valence-corrected chi connectivity index (χ4v) is 3.22. The number of carbonyl (C=O) groups excluding carboxylic acids is 1. The molecule has 1 aliphatic rings. The summed E-state index contributed by atoms with van der Waals surface area (Å²) in [6.07, 6.45) is -0.803. The number of carbonyl (C=O) groups is 2. The van der Waals surface area contributed by atoms with E-state index in [0.29, 0.717) is 18.5 Å². The van der Waals surface area contributed by atoms with Gasteiger partial charge in [0.15, 0.2) is 6.10 Å². The fraction of sp³-hybridized carbons (Fsp3) is 0.357. The molecule has 110 valence electrons. The summed E-state index contributed by atoms with van der Waals surface area (Å²) in [4.78, 5) is 27.3. The van der Waals surface area contributed by atoms with Crippen molar-refractivity contribution in [1.82, 2.24) is 4.98 Å². The number of benzene rings is 1. The number of fused-ring (bicyclic) bond motifs is 1. The first kappa shape index (κ1) is 14.0. The van der Waals surface area contributed by atoms with E-state index in [1.807, 2.05) is 19.1 Å². The van der Waals surface area contributed by atoms with Gasteiger partial charge >= 0.3 is 5.97 Å². The quantitative estimate of drug-likeness (QED) is 0.907. The van der Waals surface area contributed by atoms with Crippen molar-refractivity contribution >= 4 is 39.1 Å². The van der Waals surface area contributed by atoms with E-state index in [2.05, 4.69) is 10.3 Å². The van der Waals surface area contributed by atoms with Gasteiger partial charge in [-0.15, -0.1) is 11.3 Å². The second-order valence-corrected chi connectivity index (χ2v) is 6.17. The Hall–Kier alpha value is -1.99. The van der Waals surface area contributed by atoms with Crippen LogP contribution in [0.15, 0.2) is 18.2 Å². The standard InChI is InChI=1S/C14H14N2O4S/c1-7-15-9-3-2-8(6-12(9)21-7)16-13(17)10-4-5-11(20-10)14(18)19/h2-3,6,10-11H,4-5H2,1H3,(H,16,17)(H,18,19)/t10-,11+/m0/s1. The fourth-order valence-electron chi connectivity index (χ4n) is 2.35. The molecular formula is C14H14N2O4S. The summed E-state index contributed by atoms with van der Waals surface area (Å²) in [5.41, 5.74) is 1.57. The number of nitrogens with one attached hydrogen (secondary N) is 1. The third-order valence-corrected chi connectivity index (χ3v) is 4.28. The van der Waals surface area contributed by atoms with Crippen molar-refractivity contribution < 1.29 is 19.4 Å². The topological polar surface area (TPSA) is 88.5 Å². The van der Waals surface area contributed by atoms with Crippen LogP contribution in [0.3, 0.4) is 0 Å². The predicted molar refractivity (Wildman–Crippen MR) is 78.5 cm³/mol. The lowest BCUT2D eigenvalue weighted by atomic mass is 10.2. The smallest absolute Gasteiger partial charge is 0.332 e. The van der Waals surface area contributed by atoms with Gasteiger partial charge in [-0.05, 0) is 38.0 Å². The number of ether oxygens (including phenoxy) is 1. The van der Waals surface area contributed by atoms with E-state index in [-0.39, 0.29) is 5.91 Å². The Kier molecular flexibility index (Phi) is 3.60. The molecule has 0 unspecified atom stereocenters. The molecule has 7 heteroatoms. The molecule has 3 rings (SSSR count). The molecule has 2 N–H and O–H groups in total. The molecule has 1 aromatic carbocycles. The maximum absolute atomic E-state index is 12.1. The lowest BCUT2D eigenvalue weighted by molar-refractivity contribution is -0.150. The Morgan fingerprint density at radius 3 is 2.86 bits per heavy atom. The molecule has 1 aliphatic heterocycles. The van der Waals surface area contributed by atoms with E-state index in [0.717, 1.165) is 15.2 Å². The average Bonchev–Trinajstić information content (AvgIpc) is 3.03. The lowest BCUT2D eigenvalue weighted by Gasteiger charge is -2.11. The molecule has 1 amide bonds. The van der Waals surface area contributed by atoms with Gasteiger partial charge in [-0.3, -0.25) is 4.79 Å². The summed E-state index contributed by atoms with van der Waals surface area (Å²) in [5.74, 6) is -1.33. The van der Waals surface area contributed by atoms with Gasteiger partial charge in [-0.25, -0.2) is 9.78 Å². The molecule has 1 aromatic heterocycles. The number of hydrogen-bond donors (Lipinski definition) is 2. The maximum atomic E-state index is 12.1. The normalized spacial score (nSPS) is 21.6. The van der Waals surface area contributed by atoms with Crippen LogP contribution in [0, 0.1) is 6.92 Å². The highest BCUT2D eigenvalue weighted by molar-refractivity contribution is 7.18. The second kappa shape index (κ2) is 5.42. The Labute approximate surface area is 124 Å². The Balaban J connectivity index is 1.70. The summed E-state index contributed by atoms with van der Waals surface area (Å²) in [6.45, 7) is 1.93.